The van der Waals surface area contributed by atoms with E-state index in [1.54, 1.807) is 0 Å². The van der Waals surface area contributed by atoms with Crippen LogP contribution in [0.2, 0.25) is 0 Å². The van der Waals surface area contributed by atoms with Gasteiger partial charge in [0.2, 0.25) is 0 Å². The van der Waals surface area contributed by atoms with Crippen molar-refractivity contribution in [1.29, 1.82) is 0 Å². The summed E-state index contributed by atoms with van der Waals surface area (Å²) in [5.41, 5.74) is 5.72. The molecule has 0 spiro atoms. The number of rotatable bonds is 4. The van der Waals surface area contributed by atoms with E-state index in [0.29, 0.717) is 11.8 Å². The summed E-state index contributed by atoms with van der Waals surface area (Å²) >= 11 is 0. The van der Waals surface area contributed by atoms with Gasteiger partial charge >= 0.3 is 26.2 Å². The molecule has 0 atom stereocenters. The topological polar surface area (TPSA) is 0 Å². The fraction of sp³-hybridized carbons (Fsp3) is 0.600. The summed E-state index contributed by atoms with van der Waals surface area (Å²) in [5.74, 6) is 1.31. The normalized spacial score (nSPS) is 15.3. The third-order valence-electron chi connectivity index (χ3n) is 3.88. The van der Waals surface area contributed by atoms with Gasteiger partial charge in [0.25, 0.3) is 0 Å². The SMILES string of the molecule is CCC1=[C-]C(C(C)C)=CC1.CCC1=[C-]C(C(C)C)=CC1.[Cl-].[Cl-].[Zr+4]. The summed E-state index contributed by atoms with van der Waals surface area (Å²) in [4.78, 5) is 0. The van der Waals surface area contributed by atoms with E-state index in [-0.39, 0.29) is 51.0 Å². The van der Waals surface area contributed by atoms with Gasteiger partial charge in [0, 0.05) is 0 Å². The summed E-state index contributed by atoms with van der Waals surface area (Å²) in [7, 11) is 0. The van der Waals surface area contributed by atoms with E-state index in [1.165, 1.54) is 22.3 Å². The van der Waals surface area contributed by atoms with Gasteiger partial charge in [-0.25, -0.2) is 35.5 Å². The van der Waals surface area contributed by atoms with Crippen molar-refractivity contribution in [3.05, 3.63) is 46.6 Å². The largest absolute Gasteiger partial charge is 4.00 e. The predicted octanol–water partition coefficient (Wildman–Crippen LogP) is 0.230. The van der Waals surface area contributed by atoms with Crippen LogP contribution >= 0.6 is 0 Å². The number of hydrogen-bond acceptors (Lipinski definition) is 0. The second kappa shape index (κ2) is 14.7. The van der Waals surface area contributed by atoms with E-state index in [1.807, 2.05) is 0 Å². The third-order valence-corrected chi connectivity index (χ3v) is 3.88. The van der Waals surface area contributed by atoms with Gasteiger partial charge in [-0.15, -0.1) is 0 Å². The van der Waals surface area contributed by atoms with Crippen molar-refractivity contribution < 1.29 is 51.0 Å². The van der Waals surface area contributed by atoms with Crippen LogP contribution in [0.4, 0.5) is 0 Å². The molecule has 0 aliphatic heterocycles. The molecule has 0 radical (unpaired) electrons. The summed E-state index contributed by atoms with van der Waals surface area (Å²) < 4.78 is 0. The van der Waals surface area contributed by atoms with E-state index in [4.69, 9.17) is 0 Å². The first-order valence-corrected chi connectivity index (χ1v) is 8.11. The van der Waals surface area contributed by atoms with Gasteiger partial charge in [0.1, 0.15) is 0 Å². The van der Waals surface area contributed by atoms with Gasteiger partial charge in [0.05, 0.1) is 0 Å². The molecule has 0 heterocycles. The fourth-order valence-corrected chi connectivity index (χ4v) is 2.30. The van der Waals surface area contributed by atoms with Gasteiger partial charge in [0.15, 0.2) is 0 Å². The standard InChI is InChI=1S/2C10H15.2ClH.Zr/c2*1-4-9-5-6-10(7-9)8(2)3;;;/h2*6,8H,4-5H2,1-3H3;2*1H;/q2*-1;;;+4/p-2. The fourth-order valence-electron chi connectivity index (χ4n) is 2.30. The Hall–Kier alpha value is 0.423. The van der Waals surface area contributed by atoms with E-state index in [9.17, 15) is 0 Å². The number of allylic oxidation sites excluding steroid dienone is 8. The van der Waals surface area contributed by atoms with Crippen LogP contribution in [0.5, 0.6) is 0 Å². The molecule has 0 fully saturated rings. The predicted molar refractivity (Wildman–Crippen MR) is 89.2 cm³/mol. The molecule has 0 bridgehead atoms. The van der Waals surface area contributed by atoms with Gasteiger partial charge in [-0.1, -0.05) is 79.1 Å². The van der Waals surface area contributed by atoms with E-state index in [2.05, 4.69) is 65.8 Å². The molecular formula is C20H30Cl2Zr. The quantitative estimate of drug-likeness (QED) is 0.558. The molecule has 0 aromatic heterocycles. The minimum absolute atomic E-state index is 0. The molecule has 0 saturated heterocycles. The molecular weight excluding hydrogens is 402 g/mol. The molecule has 0 aromatic rings. The van der Waals surface area contributed by atoms with Crippen molar-refractivity contribution in [3.63, 3.8) is 0 Å². The number of hydrogen-bond donors (Lipinski definition) is 0. The summed E-state index contributed by atoms with van der Waals surface area (Å²) in [6.45, 7) is 13.3. The second-order valence-corrected chi connectivity index (χ2v) is 6.20. The van der Waals surface area contributed by atoms with Gasteiger partial charge in [-0.3, -0.25) is 0 Å². The molecule has 23 heavy (non-hydrogen) atoms. The Bertz CT molecular complexity index is 399. The van der Waals surface area contributed by atoms with Gasteiger partial charge in [-0.05, 0) is 0 Å². The minimum atomic E-state index is 0. The van der Waals surface area contributed by atoms with Gasteiger partial charge < -0.3 is 24.8 Å². The third kappa shape index (κ3) is 10.1. The average molecular weight is 433 g/mol. The van der Waals surface area contributed by atoms with Crippen molar-refractivity contribution in [2.45, 2.75) is 67.2 Å². The molecule has 0 unspecified atom stereocenters. The van der Waals surface area contributed by atoms with Crippen molar-refractivity contribution >= 4 is 0 Å². The summed E-state index contributed by atoms with van der Waals surface area (Å²) in [6, 6.07) is 0. The molecule has 2 rings (SSSR count). The van der Waals surface area contributed by atoms with E-state index < -0.39 is 0 Å². The summed E-state index contributed by atoms with van der Waals surface area (Å²) in [6.07, 6.45) is 16.0. The Labute approximate surface area is 175 Å². The Morgan fingerprint density at radius 1 is 0.783 bits per heavy atom. The molecule has 3 heteroatoms. The van der Waals surface area contributed by atoms with Crippen molar-refractivity contribution in [2.24, 2.45) is 11.8 Å². The molecule has 2 aliphatic rings. The molecule has 2 aliphatic carbocycles. The van der Waals surface area contributed by atoms with Crippen molar-refractivity contribution in [2.75, 3.05) is 0 Å². The van der Waals surface area contributed by atoms with Crippen LogP contribution in [-0.2, 0) is 26.2 Å². The zero-order chi connectivity index (χ0) is 15.1. The molecule has 0 amide bonds. The average Bonchev–Trinajstić information content (AvgIpc) is 3.08. The van der Waals surface area contributed by atoms with Crippen LogP contribution < -0.4 is 24.8 Å². The first-order valence-electron chi connectivity index (χ1n) is 8.11. The van der Waals surface area contributed by atoms with Crippen LogP contribution in [0, 0.1) is 24.0 Å². The Morgan fingerprint density at radius 3 is 1.22 bits per heavy atom. The van der Waals surface area contributed by atoms with Gasteiger partial charge in [-0.2, -0.15) is 11.1 Å². The van der Waals surface area contributed by atoms with Crippen LogP contribution in [0.3, 0.4) is 0 Å². The van der Waals surface area contributed by atoms with Crippen LogP contribution in [0.15, 0.2) is 34.4 Å². The Morgan fingerprint density at radius 2 is 1.09 bits per heavy atom. The van der Waals surface area contributed by atoms with Crippen LogP contribution in [0.25, 0.3) is 0 Å². The molecule has 0 nitrogen and oxygen atoms in total. The maximum atomic E-state index is 3.42. The molecule has 0 N–H and O–H groups in total. The van der Waals surface area contributed by atoms with Crippen molar-refractivity contribution in [1.82, 2.24) is 0 Å². The Balaban J connectivity index is -0.000000308. The molecule has 0 saturated carbocycles. The van der Waals surface area contributed by atoms with Crippen LogP contribution in [-0.4, -0.2) is 0 Å². The second-order valence-electron chi connectivity index (χ2n) is 6.20. The molecule has 0 aromatic carbocycles. The van der Waals surface area contributed by atoms with Crippen LogP contribution in [0.1, 0.15) is 67.2 Å². The maximum absolute atomic E-state index is 3.42. The Kier molecular flexibility index (Phi) is 18.1. The smallest absolute Gasteiger partial charge is 1.00 e. The minimum Gasteiger partial charge on any atom is -1.00 e. The zero-order valence-corrected chi connectivity index (χ0v) is 19.4. The molecule has 128 valence electrons. The van der Waals surface area contributed by atoms with E-state index >= 15 is 0 Å². The first-order chi connectivity index (χ1) is 9.47. The maximum Gasteiger partial charge on any atom is 4.00 e. The summed E-state index contributed by atoms with van der Waals surface area (Å²) in [5, 5.41) is 0. The van der Waals surface area contributed by atoms with E-state index in [0.717, 1.165) is 25.7 Å². The first kappa shape index (κ1) is 28.2. The number of halogens is 2. The van der Waals surface area contributed by atoms with Crippen molar-refractivity contribution in [3.8, 4) is 0 Å². The zero-order valence-electron chi connectivity index (χ0n) is 15.4. The monoisotopic (exact) mass is 430 g/mol.